The maximum absolute atomic E-state index is 12.6. The second-order valence-corrected chi connectivity index (χ2v) is 8.25. The van der Waals surface area contributed by atoms with E-state index in [0.29, 0.717) is 11.7 Å². The molecule has 1 aliphatic heterocycles. The molecule has 3 amide bonds. The van der Waals surface area contributed by atoms with Gasteiger partial charge in [-0.3, -0.25) is 24.2 Å². The van der Waals surface area contributed by atoms with E-state index in [-0.39, 0.29) is 29.8 Å². The molecule has 7 nitrogen and oxygen atoms in total. The summed E-state index contributed by atoms with van der Waals surface area (Å²) in [6.07, 6.45) is 5.06. The van der Waals surface area contributed by atoms with E-state index in [1.165, 1.54) is 24.2 Å². The van der Waals surface area contributed by atoms with Crippen LogP contribution in [0.4, 0.5) is 0 Å². The first-order valence-corrected chi connectivity index (χ1v) is 9.77. The molecular weight excluding hydrogens is 358 g/mol. The van der Waals surface area contributed by atoms with Crippen LogP contribution in [0.3, 0.4) is 0 Å². The van der Waals surface area contributed by atoms with Gasteiger partial charge in [0, 0.05) is 18.2 Å². The summed E-state index contributed by atoms with van der Waals surface area (Å²) < 4.78 is 5.26. The van der Waals surface area contributed by atoms with Gasteiger partial charge in [-0.15, -0.1) is 0 Å². The van der Waals surface area contributed by atoms with Crippen molar-refractivity contribution in [3.05, 3.63) is 24.0 Å². The summed E-state index contributed by atoms with van der Waals surface area (Å²) >= 11 is 0. The van der Waals surface area contributed by atoms with Crippen molar-refractivity contribution in [1.82, 2.24) is 15.1 Å². The van der Waals surface area contributed by atoms with Crippen molar-refractivity contribution in [2.75, 3.05) is 21.2 Å². The minimum atomic E-state index is -0.417. The topological polar surface area (TPSA) is 79.0 Å². The molecule has 1 rings (SSSR count). The Balaban J connectivity index is 2.78. The van der Waals surface area contributed by atoms with Crippen LogP contribution >= 0.6 is 0 Å². The molecule has 0 fully saturated rings. The summed E-state index contributed by atoms with van der Waals surface area (Å²) in [5.74, 6) is 0.0340. The first kappa shape index (κ1) is 23.9. The largest absolute Gasteiger partial charge is 0.499 e. The van der Waals surface area contributed by atoms with Crippen molar-refractivity contribution in [2.24, 2.45) is 11.8 Å². The van der Waals surface area contributed by atoms with Gasteiger partial charge in [0.05, 0.1) is 19.2 Å². The standard InChI is InChI=1S/C21H35N3O4/c1-13(2)11-16(23(6)7)21(27)22-15(5)9-10-18(25)24-19(26)12-17(28-8)20(24)14(3)4/h9-10,12-16,20H,11H2,1-8H3,(H,22,27)/b10-9+/t15-,16-,20-/m0/s1. The van der Waals surface area contributed by atoms with Gasteiger partial charge in [-0.25, -0.2) is 0 Å². The molecular formula is C21H35N3O4. The molecule has 0 radical (unpaired) electrons. The van der Waals surface area contributed by atoms with Crippen LogP contribution in [0.25, 0.3) is 0 Å². The number of hydrogen-bond acceptors (Lipinski definition) is 5. The zero-order valence-corrected chi connectivity index (χ0v) is 18.4. The Kier molecular flexibility index (Phi) is 8.88. The highest BCUT2D eigenvalue weighted by molar-refractivity contribution is 6.07. The second kappa shape index (κ2) is 10.4. The third-order valence-corrected chi connectivity index (χ3v) is 4.70. The molecule has 0 aromatic rings. The quantitative estimate of drug-likeness (QED) is 0.606. The Morgan fingerprint density at radius 2 is 1.86 bits per heavy atom. The van der Waals surface area contributed by atoms with Crippen molar-refractivity contribution < 1.29 is 19.1 Å². The summed E-state index contributed by atoms with van der Waals surface area (Å²) in [7, 11) is 5.25. The van der Waals surface area contributed by atoms with E-state index in [4.69, 9.17) is 4.74 Å². The van der Waals surface area contributed by atoms with Gasteiger partial charge in [-0.1, -0.05) is 33.8 Å². The Bertz CT molecular complexity index is 638. The number of nitrogens with one attached hydrogen (secondary N) is 1. The summed E-state index contributed by atoms with van der Waals surface area (Å²) in [5.41, 5.74) is 0. The molecule has 28 heavy (non-hydrogen) atoms. The van der Waals surface area contributed by atoms with Crippen LogP contribution in [0.1, 0.15) is 41.0 Å². The average molecular weight is 394 g/mol. The minimum Gasteiger partial charge on any atom is -0.499 e. The van der Waals surface area contributed by atoms with Crippen molar-refractivity contribution in [3.63, 3.8) is 0 Å². The molecule has 0 aromatic heterocycles. The normalized spacial score (nSPS) is 19.5. The Morgan fingerprint density at radius 1 is 1.25 bits per heavy atom. The van der Waals surface area contributed by atoms with Gasteiger partial charge in [0.2, 0.25) is 5.91 Å². The highest BCUT2D eigenvalue weighted by Crippen LogP contribution is 2.26. The number of nitrogens with zero attached hydrogens (tertiary/aromatic N) is 2. The fourth-order valence-electron chi connectivity index (χ4n) is 3.27. The number of carbonyl (C=O) groups excluding carboxylic acids is 3. The number of imide groups is 1. The maximum Gasteiger partial charge on any atom is 0.257 e. The predicted molar refractivity (Wildman–Crippen MR) is 109 cm³/mol. The second-order valence-electron chi connectivity index (χ2n) is 8.25. The SMILES string of the molecule is COC1=CC(=O)N(C(=O)/C=C/[C@H](C)NC(=O)[C@H](CC(C)C)N(C)C)[C@H]1C(C)C. The molecule has 1 N–H and O–H groups in total. The summed E-state index contributed by atoms with van der Waals surface area (Å²) in [5, 5.41) is 2.92. The van der Waals surface area contributed by atoms with Crippen molar-refractivity contribution in [1.29, 1.82) is 0 Å². The van der Waals surface area contributed by atoms with Crippen LogP contribution in [0.2, 0.25) is 0 Å². The van der Waals surface area contributed by atoms with Crippen molar-refractivity contribution >= 4 is 17.7 Å². The lowest BCUT2D eigenvalue weighted by atomic mass is 10.0. The number of hydrogen-bond donors (Lipinski definition) is 1. The summed E-state index contributed by atoms with van der Waals surface area (Å²) in [6, 6.07) is -0.981. The molecule has 0 saturated heterocycles. The van der Waals surface area contributed by atoms with Crippen LogP contribution < -0.4 is 5.32 Å². The number of methoxy groups -OCH3 is 1. The third kappa shape index (κ3) is 6.19. The van der Waals surface area contributed by atoms with Crippen LogP contribution in [0.15, 0.2) is 24.0 Å². The van der Waals surface area contributed by atoms with E-state index in [0.717, 1.165) is 6.42 Å². The Morgan fingerprint density at radius 3 is 2.32 bits per heavy atom. The molecule has 7 heteroatoms. The highest BCUT2D eigenvalue weighted by Gasteiger charge is 2.39. The van der Waals surface area contributed by atoms with E-state index in [1.807, 2.05) is 32.8 Å². The molecule has 0 aliphatic carbocycles. The van der Waals surface area contributed by atoms with Gasteiger partial charge < -0.3 is 10.1 Å². The lowest BCUT2D eigenvalue weighted by molar-refractivity contribution is -0.140. The van der Waals surface area contributed by atoms with E-state index in [2.05, 4.69) is 19.2 Å². The lowest BCUT2D eigenvalue weighted by Gasteiger charge is -2.27. The maximum atomic E-state index is 12.6. The molecule has 0 bridgehead atoms. The molecule has 0 saturated carbocycles. The van der Waals surface area contributed by atoms with Gasteiger partial charge in [-0.05, 0) is 39.3 Å². The van der Waals surface area contributed by atoms with E-state index in [9.17, 15) is 14.4 Å². The van der Waals surface area contributed by atoms with Gasteiger partial charge >= 0.3 is 0 Å². The van der Waals surface area contributed by atoms with Gasteiger partial charge in [0.15, 0.2) is 0 Å². The lowest BCUT2D eigenvalue weighted by Crippen LogP contribution is -2.47. The van der Waals surface area contributed by atoms with Gasteiger partial charge in [0.25, 0.3) is 11.8 Å². The fraction of sp³-hybridized carbons (Fsp3) is 0.667. The first-order chi connectivity index (χ1) is 13.0. The smallest absolute Gasteiger partial charge is 0.257 e. The Hall–Kier alpha value is -2.15. The molecule has 0 spiro atoms. The first-order valence-electron chi connectivity index (χ1n) is 9.77. The van der Waals surface area contributed by atoms with Crippen LogP contribution in [0, 0.1) is 11.8 Å². The molecule has 3 atom stereocenters. The van der Waals surface area contributed by atoms with Crippen LogP contribution in [-0.4, -0.2) is 66.9 Å². The number of carbonyl (C=O) groups is 3. The molecule has 0 aromatic carbocycles. The minimum absolute atomic E-state index is 0.0315. The third-order valence-electron chi connectivity index (χ3n) is 4.70. The number of amides is 3. The predicted octanol–water partition coefficient (Wildman–Crippen LogP) is 1.95. The van der Waals surface area contributed by atoms with E-state index >= 15 is 0 Å². The van der Waals surface area contributed by atoms with Crippen molar-refractivity contribution in [2.45, 2.75) is 59.2 Å². The molecule has 0 unspecified atom stereocenters. The van der Waals surface area contributed by atoms with Gasteiger partial charge in [0.1, 0.15) is 5.76 Å². The molecule has 158 valence electrons. The van der Waals surface area contributed by atoms with Crippen LogP contribution in [-0.2, 0) is 19.1 Å². The number of rotatable bonds is 9. The van der Waals surface area contributed by atoms with E-state index in [1.54, 1.807) is 13.0 Å². The molecule has 1 aliphatic rings. The average Bonchev–Trinajstić information content (AvgIpc) is 2.93. The van der Waals surface area contributed by atoms with Crippen LogP contribution in [0.5, 0.6) is 0 Å². The van der Waals surface area contributed by atoms with E-state index < -0.39 is 11.9 Å². The highest BCUT2D eigenvalue weighted by atomic mass is 16.5. The zero-order chi connectivity index (χ0) is 21.6. The van der Waals surface area contributed by atoms with Gasteiger partial charge in [-0.2, -0.15) is 0 Å². The number of likely N-dealkylation sites (N-methyl/N-ethyl adjacent to an activating group) is 1. The Labute approximate surface area is 168 Å². The zero-order valence-electron chi connectivity index (χ0n) is 18.4. The monoisotopic (exact) mass is 393 g/mol. The fourth-order valence-corrected chi connectivity index (χ4v) is 3.27. The molecule has 1 heterocycles. The van der Waals surface area contributed by atoms with Crippen molar-refractivity contribution in [3.8, 4) is 0 Å². The number of ether oxygens (including phenoxy) is 1. The summed E-state index contributed by atoms with van der Waals surface area (Å²) in [4.78, 5) is 40.5. The summed E-state index contributed by atoms with van der Waals surface area (Å²) in [6.45, 7) is 9.81.